The van der Waals surface area contributed by atoms with E-state index in [1.54, 1.807) is 63.8 Å². The standard InChI is InChI=1S/C28H35FN6O6.C22H22FN5O3.C20H20FN5O4.C8H16ClNO2.CH3F.CH4/c1-5-38-26(36)19-14-32-35-16-22-24(33-23(19)35)34(20-8-6-9-21(20)40-22)15-17-12-18(29)13-31-25(17)39-11-7-10-30-27(37)41-28(2,3)4;23-14-5-6-17-13(9-14)11-27-16-3-1-4-18(16)31-19-12-28-20(26-21(19)27)15(10-25-28)22(29)24-7-2-8-30-17;1-2-29-20(28)13-8-23-26-10-16-18(24-17(13)26)25(14-4-3-5-15(14)30-16)9-11-6-12(21)7-22-19(11)27;1-8(2,3)12-7(11)10-6-4-5-9;1-2;/h12-14,16,20-21H,5-11,15H2,1-4H3,(H,30,37);5-6,9-10,12,16,18H,1-4,7-8,11H2,(H,24,29);6-8,10,14-15H,2-5,9H2,1H3,(H,22,27);4-6H2,1-3H3,(H,10,11);1H3;1H4/t20-,21+;16-,18+;14-,15+;;;/m111.../s1/i;;;;1D;. The number of halogens is 5. The van der Waals surface area contributed by atoms with E-state index in [1.807, 2.05) is 25.7 Å². The number of nitrogens with one attached hydrogen (secondary N) is 4. The quantitative estimate of drug-likeness (QED) is 0.0229. The van der Waals surface area contributed by atoms with E-state index in [-0.39, 0.29) is 111 Å². The van der Waals surface area contributed by atoms with E-state index in [0.29, 0.717) is 131 Å². The van der Waals surface area contributed by atoms with Crippen LogP contribution in [0.3, 0.4) is 0 Å². The lowest BCUT2D eigenvalue weighted by Gasteiger charge is -2.39. The van der Waals surface area contributed by atoms with Crippen molar-refractivity contribution in [2.45, 2.75) is 207 Å². The summed E-state index contributed by atoms with van der Waals surface area (Å²) < 4.78 is 114. The zero-order valence-electron chi connectivity index (χ0n) is 66.8. The molecule has 16 rings (SSSR count). The zero-order valence-corrected chi connectivity index (χ0v) is 66.5. The van der Waals surface area contributed by atoms with Crippen LogP contribution in [0.4, 0.5) is 44.6 Å². The maximum Gasteiger partial charge on any atom is 0.407 e. The van der Waals surface area contributed by atoms with E-state index < -0.39 is 48.0 Å². The third-order valence-electron chi connectivity index (χ3n) is 19.6. The van der Waals surface area contributed by atoms with Crippen LogP contribution in [0.5, 0.6) is 28.9 Å². The molecule has 0 saturated heterocycles. The van der Waals surface area contributed by atoms with Crippen LogP contribution in [0, 0.1) is 17.5 Å². The molecule has 37 heteroatoms. The number of alkyl carbamates (subject to hydrolysis) is 2. The van der Waals surface area contributed by atoms with Gasteiger partial charge in [-0.15, -0.1) is 11.6 Å². The highest BCUT2D eigenvalue weighted by atomic mass is 35.5. The van der Waals surface area contributed by atoms with Gasteiger partial charge < -0.3 is 78.3 Å². The largest absolute Gasteiger partial charge is 0.493 e. The van der Waals surface area contributed by atoms with Crippen LogP contribution in [0.15, 0.2) is 84.7 Å². The highest BCUT2D eigenvalue weighted by Gasteiger charge is 2.45. The van der Waals surface area contributed by atoms with E-state index in [0.717, 1.165) is 82.2 Å². The molecule has 3 aliphatic carbocycles. The fourth-order valence-corrected chi connectivity index (χ4v) is 14.8. The summed E-state index contributed by atoms with van der Waals surface area (Å²) in [6.45, 7) is 17.7. The first-order valence-corrected chi connectivity index (χ1v) is 39.2. The molecule has 0 unspecified atom stereocenters. The molecule has 0 spiro atoms. The van der Waals surface area contributed by atoms with Crippen molar-refractivity contribution in [3.8, 4) is 28.9 Å². The Labute approximate surface area is 679 Å². The van der Waals surface area contributed by atoms with E-state index in [9.17, 15) is 46.3 Å². The maximum atomic E-state index is 14.4. The number of pyridine rings is 2. The first kappa shape index (κ1) is 84.9. The van der Waals surface area contributed by atoms with Crippen molar-refractivity contribution in [1.29, 1.82) is 0 Å². The van der Waals surface area contributed by atoms with E-state index >= 15 is 0 Å². The van der Waals surface area contributed by atoms with Gasteiger partial charge in [0.05, 0.1) is 110 Å². The van der Waals surface area contributed by atoms with Gasteiger partial charge in [-0.2, -0.15) is 15.3 Å². The first-order chi connectivity index (χ1) is 56.2. The molecule has 630 valence electrons. The summed E-state index contributed by atoms with van der Waals surface area (Å²) in [6.07, 6.45) is 21.1. The molecule has 1 aromatic carbocycles. The second-order valence-electron chi connectivity index (χ2n) is 30.2. The molecule has 32 nitrogen and oxygen atoms in total. The number of hydrogen-bond acceptors (Lipinski definition) is 25. The minimum absolute atomic E-state index is 0. The van der Waals surface area contributed by atoms with Crippen LogP contribution in [-0.4, -0.2) is 191 Å². The number of fused-ring (bicyclic) bond motifs is 9. The number of ether oxygens (including phenoxy) is 9. The number of H-pyrrole nitrogens is 1. The minimum atomic E-state index is -1.00. The SMILES string of the molecule is C.CC(C)(C)OC(=O)NCCCCl.CCOC(=O)c1cnn2cc3c(nc12)N(Cc1cc(F)c[nH]c1=O)[C@@H]1CCC[C@@H]1O3.CCOC(=O)c1cnn2cc3c(nc12)N(Cc1cc(F)cnc1OCCCNC(=O)OC(C)(C)C)[C@@H]1CCC[C@@H]1O3.O=C1NCCCOc2ccc(F)cc2CN2c3nc4c1cnn4cc3O[C@H]1CCC[C@H]12.[2H]CF. The van der Waals surface area contributed by atoms with E-state index in [2.05, 4.69) is 56.0 Å². The Bertz CT molecular complexity index is 5080. The molecular formula is C80H100ClF4N17O15. The van der Waals surface area contributed by atoms with Gasteiger partial charge in [0, 0.05) is 54.9 Å². The lowest BCUT2D eigenvalue weighted by atomic mass is 10.1. The fraction of sp³-hybridized carbons (Fsp3) is 0.512. The molecule has 6 atom stereocenters. The van der Waals surface area contributed by atoms with Crippen molar-refractivity contribution in [2.24, 2.45) is 0 Å². The maximum absolute atomic E-state index is 14.4. The monoisotopic (exact) mass is 1650 g/mol. The Morgan fingerprint density at radius 1 is 0.632 bits per heavy atom. The van der Waals surface area contributed by atoms with Crippen molar-refractivity contribution in [1.82, 2.24) is 69.7 Å². The molecule has 0 radical (unpaired) electrons. The summed E-state index contributed by atoms with van der Waals surface area (Å²) in [6, 6.07) is 7.40. The van der Waals surface area contributed by atoms with E-state index in [1.165, 1.54) is 51.9 Å². The van der Waals surface area contributed by atoms with Gasteiger partial charge in [-0.1, -0.05) is 7.43 Å². The number of aromatic nitrogens is 11. The van der Waals surface area contributed by atoms with Crippen molar-refractivity contribution < 1.29 is 85.5 Å². The summed E-state index contributed by atoms with van der Waals surface area (Å²) in [7, 11) is -1.00. The second kappa shape index (κ2) is 38.5. The van der Waals surface area contributed by atoms with Crippen LogP contribution < -0.4 is 59.9 Å². The third kappa shape index (κ3) is 20.9. The Kier molecular flexibility index (Phi) is 28.0. The molecule has 8 aromatic heterocycles. The predicted molar refractivity (Wildman–Crippen MR) is 423 cm³/mol. The number of amides is 3. The Morgan fingerprint density at radius 3 is 1.71 bits per heavy atom. The van der Waals surface area contributed by atoms with Gasteiger partial charge in [0.1, 0.15) is 69.4 Å². The van der Waals surface area contributed by atoms with Gasteiger partial charge in [-0.05, 0) is 163 Å². The summed E-state index contributed by atoms with van der Waals surface area (Å²) in [5.74, 6) is 2.31. The number of aromatic amines is 1. The summed E-state index contributed by atoms with van der Waals surface area (Å²) in [5, 5.41) is 21.0. The molecule has 3 amide bonds. The zero-order chi connectivity index (χ0) is 83.2. The van der Waals surface area contributed by atoms with Gasteiger partial charge in [0.15, 0.2) is 51.6 Å². The minimum Gasteiger partial charge on any atom is -0.493 e. The van der Waals surface area contributed by atoms with E-state index in [4.69, 9.17) is 65.6 Å². The van der Waals surface area contributed by atoms with Gasteiger partial charge >= 0.3 is 24.1 Å². The molecule has 3 saturated carbocycles. The van der Waals surface area contributed by atoms with Crippen molar-refractivity contribution in [2.75, 3.05) is 73.8 Å². The van der Waals surface area contributed by atoms with Crippen molar-refractivity contribution in [3.63, 3.8) is 0 Å². The van der Waals surface area contributed by atoms with Gasteiger partial charge in [-0.25, -0.2) is 65.8 Å². The molecule has 4 N–H and O–H groups in total. The molecule has 7 aliphatic rings. The van der Waals surface area contributed by atoms with Gasteiger partial charge in [0.2, 0.25) is 5.88 Å². The number of anilines is 3. The number of alkyl halides is 2. The third-order valence-corrected chi connectivity index (χ3v) is 19.9. The van der Waals surface area contributed by atoms with Crippen LogP contribution in [0.2, 0.25) is 0 Å². The molecule has 117 heavy (non-hydrogen) atoms. The van der Waals surface area contributed by atoms with Gasteiger partial charge in [-0.3, -0.25) is 14.0 Å². The van der Waals surface area contributed by atoms with Crippen molar-refractivity contribution in [3.05, 3.63) is 141 Å². The van der Waals surface area contributed by atoms with Gasteiger partial charge in [0.25, 0.3) is 11.5 Å². The second-order valence-corrected chi connectivity index (χ2v) is 30.5. The smallest absolute Gasteiger partial charge is 0.407 e. The number of nitrogens with zero attached hydrogens (tertiary/aromatic N) is 13. The topological polar surface area (TPSA) is 351 Å². The Balaban J connectivity index is 0.000000161. The lowest BCUT2D eigenvalue weighted by Crippen LogP contribution is -2.47. The number of carbonyl (C=O) groups excluding carboxylic acids is 5. The predicted octanol–water partition coefficient (Wildman–Crippen LogP) is 12.2. The van der Waals surface area contributed by atoms with Crippen LogP contribution in [-0.2, 0) is 38.6 Å². The fourth-order valence-electron chi connectivity index (χ4n) is 14.7. The lowest BCUT2D eigenvalue weighted by molar-refractivity contribution is 0.0514. The molecule has 2 bridgehead atoms. The summed E-state index contributed by atoms with van der Waals surface area (Å²) in [5.41, 5.74) is 2.34. The Hall–Kier alpha value is -11.5. The first-order valence-electron chi connectivity index (χ1n) is 39.4. The number of rotatable bonds is 16. The number of esters is 2. The number of carbonyl (C=O) groups is 5. The Morgan fingerprint density at radius 2 is 1.15 bits per heavy atom. The number of hydrogen-bond donors (Lipinski definition) is 4. The highest BCUT2D eigenvalue weighted by molar-refractivity contribution is 6.17. The average molecular weight is 1650 g/mol. The normalized spacial score (nSPS) is 18.8. The summed E-state index contributed by atoms with van der Waals surface area (Å²) >= 11 is 5.43. The molecule has 3 fully saturated rings. The number of benzene rings is 1. The summed E-state index contributed by atoms with van der Waals surface area (Å²) in [4.78, 5) is 99.7. The van der Waals surface area contributed by atoms with Crippen molar-refractivity contribution >= 4 is 76.0 Å². The molecule has 9 aromatic rings. The highest BCUT2D eigenvalue weighted by Crippen LogP contribution is 2.46. The van der Waals surface area contributed by atoms with Crippen LogP contribution >= 0.6 is 11.6 Å². The molecule has 12 heterocycles. The molecule has 4 aliphatic heterocycles. The molecular weight excluding hydrogens is 1550 g/mol. The average Bonchev–Trinajstić information content (AvgIpc) is 1.53. The van der Waals surface area contributed by atoms with Crippen LogP contribution in [0.25, 0.3) is 16.9 Å². The van der Waals surface area contributed by atoms with Crippen LogP contribution in [0.1, 0.15) is 189 Å².